The Morgan fingerprint density at radius 2 is 2.11 bits per heavy atom. The molecule has 0 aliphatic carbocycles. The summed E-state index contributed by atoms with van der Waals surface area (Å²) in [6.45, 7) is 2.06. The summed E-state index contributed by atoms with van der Waals surface area (Å²) < 4.78 is 5.27. The average Bonchev–Trinajstić information content (AvgIpc) is 2.95. The Labute approximate surface area is 119 Å². The van der Waals surface area contributed by atoms with Crippen molar-refractivity contribution in [2.24, 2.45) is 0 Å². The Morgan fingerprint density at radius 1 is 1.26 bits per heavy atom. The Morgan fingerprint density at radius 3 is 2.95 bits per heavy atom. The van der Waals surface area contributed by atoms with Crippen LogP contribution in [-0.4, -0.2) is 15.1 Å². The third-order valence-electron chi connectivity index (χ3n) is 2.95. The number of aromatic nitrogens is 3. The van der Waals surface area contributed by atoms with E-state index in [4.69, 9.17) is 4.52 Å². The van der Waals surface area contributed by atoms with E-state index < -0.39 is 0 Å². The average molecular weight is 318 g/mol. The van der Waals surface area contributed by atoms with Crippen LogP contribution in [0.2, 0.25) is 0 Å². The quantitative estimate of drug-likeness (QED) is 0.681. The van der Waals surface area contributed by atoms with E-state index in [1.165, 1.54) is 0 Å². The molecule has 4 nitrogen and oxygen atoms in total. The maximum absolute atomic E-state index is 5.27. The van der Waals surface area contributed by atoms with Crippen LogP contribution < -0.4 is 0 Å². The molecule has 1 unspecified atom stereocenters. The van der Waals surface area contributed by atoms with Gasteiger partial charge < -0.3 is 4.52 Å². The molecule has 19 heavy (non-hydrogen) atoms. The summed E-state index contributed by atoms with van der Waals surface area (Å²) in [6.07, 6.45) is 2.66. The van der Waals surface area contributed by atoms with Gasteiger partial charge in [0.15, 0.2) is 0 Å². The highest BCUT2D eigenvalue weighted by molar-refractivity contribution is 9.09. The van der Waals surface area contributed by atoms with Crippen LogP contribution in [0, 0.1) is 0 Å². The van der Waals surface area contributed by atoms with E-state index in [-0.39, 0.29) is 4.83 Å². The molecule has 3 aromatic rings. The van der Waals surface area contributed by atoms with Gasteiger partial charge in [-0.05, 0) is 17.9 Å². The summed E-state index contributed by atoms with van der Waals surface area (Å²) in [5, 5.41) is 6.17. The molecule has 0 aliphatic rings. The van der Waals surface area contributed by atoms with Crippen LogP contribution in [0.3, 0.4) is 0 Å². The summed E-state index contributed by atoms with van der Waals surface area (Å²) in [5.41, 5.74) is 0.754. The van der Waals surface area contributed by atoms with Crippen molar-refractivity contribution in [2.75, 3.05) is 0 Å². The van der Waals surface area contributed by atoms with E-state index in [2.05, 4.69) is 38.0 Å². The van der Waals surface area contributed by atoms with E-state index in [1.54, 1.807) is 6.20 Å². The van der Waals surface area contributed by atoms with Crippen LogP contribution in [0.4, 0.5) is 0 Å². The zero-order valence-corrected chi connectivity index (χ0v) is 12.0. The predicted octanol–water partition coefficient (Wildman–Crippen LogP) is 4.13. The first-order chi connectivity index (χ1) is 9.29. The molecule has 0 bridgehead atoms. The molecule has 0 aliphatic heterocycles. The minimum absolute atomic E-state index is 0.0868. The Hall–Kier alpha value is -1.75. The second kappa shape index (κ2) is 5.09. The fraction of sp³-hybridized carbons (Fsp3) is 0.214. The predicted molar refractivity (Wildman–Crippen MR) is 77.0 cm³/mol. The fourth-order valence-electron chi connectivity index (χ4n) is 1.93. The number of rotatable bonds is 3. The number of nitrogens with zero attached hydrogens (tertiary/aromatic N) is 3. The maximum Gasteiger partial charge on any atom is 0.240 e. The number of hydrogen-bond acceptors (Lipinski definition) is 4. The number of hydrogen-bond donors (Lipinski definition) is 0. The van der Waals surface area contributed by atoms with E-state index in [0.717, 1.165) is 22.9 Å². The molecule has 1 aromatic carbocycles. The number of benzene rings is 1. The molecule has 0 radical (unpaired) electrons. The molecule has 0 N–H and O–H groups in total. The van der Waals surface area contributed by atoms with Gasteiger partial charge in [-0.2, -0.15) is 4.98 Å². The van der Waals surface area contributed by atoms with Gasteiger partial charge in [0.1, 0.15) is 5.69 Å². The number of halogens is 1. The lowest BCUT2D eigenvalue weighted by molar-refractivity contribution is 0.377. The molecular formula is C14H12BrN3O. The van der Waals surface area contributed by atoms with Crippen LogP contribution in [0.5, 0.6) is 0 Å². The van der Waals surface area contributed by atoms with Crippen molar-refractivity contribution in [2.45, 2.75) is 18.2 Å². The lowest BCUT2D eigenvalue weighted by Crippen LogP contribution is -1.90. The van der Waals surface area contributed by atoms with Gasteiger partial charge in [0.05, 0.1) is 4.83 Å². The van der Waals surface area contributed by atoms with Crippen molar-refractivity contribution < 1.29 is 4.52 Å². The van der Waals surface area contributed by atoms with Crippen molar-refractivity contribution in [1.29, 1.82) is 0 Å². The second-order valence-electron chi connectivity index (χ2n) is 4.21. The number of fused-ring (bicyclic) bond motifs is 1. The molecule has 0 spiro atoms. The lowest BCUT2D eigenvalue weighted by atomic mass is 10.1. The Kier molecular flexibility index (Phi) is 3.29. The van der Waals surface area contributed by atoms with Gasteiger partial charge in [0.2, 0.25) is 11.7 Å². The molecular weight excluding hydrogens is 306 g/mol. The van der Waals surface area contributed by atoms with Crippen molar-refractivity contribution in [3.63, 3.8) is 0 Å². The van der Waals surface area contributed by atoms with Gasteiger partial charge in [0.25, 0.3) is 0 Å². The normalized spacial score (nSPS) is 12.7. The lowest BCUT2D eigenvalue weighted by Gasteiger charge is -2.00. The van der Waals surface area contributed by atoms with Gasteiger partial charge in [0, 0.05) is 11.6 Å². The van der Waals surface area contributed by atoms with E-state index in [0.29, 0.717) is 11.7 Å². The summed E-state index contributed by atoms with van der Waals surface area (Å²) >= 11 is 3.50. The molecule has 0 saturated heterocycles. The van der Waals surface area contributed by atoms with Crippen molar-refractivity contribution >= 4 is 26.7 Å². The monoisotopic (exact) mass is 317 g/mol. The first-order valence-corrected chi connectivity index (χ1v) is 7.03. The van der Waals surface area contributed by atoms with E-state index >= 15 is 0 Å². The fourth-order valence-corrected chi connectivity index (χ4v) is 2.12. The van der Waals surface area contributed by atoms with Gasteiger partial charge in [-0.15, -0.1) is 0 Å². The maximum atomic E-state index is 5.27. The zero-order valence-electron chi connectivity index (χ0n) is 10.4. The first kappa shape index (κ1) is 12.3. The van der Waals surface area contributed by atoms with Crippen LogP contribution >= 0.6 is 15.9 Å². The van der Waals surface area contributed by atoms with Crippen LogP contribution in [-0.2, 0) is 0 Å². The summed E-state index contributed by atoms with van der Waals surface area (Å²) in [7, 11) is 0. The van der Waals surface area contributed by atoms with E-state index in [1.807, 2.05) is 30.3 Å². The molecule has 5 heteroatoms. The van der Waals surface area contributed by atoms with Crippen LogP contribution in [0.15, 0.2) is 41.1 Å². The SMILES string of the molecule is CCC(Br)c1nc(-c2nccc3ccccc23)no1. The second-order valence-corrected chi connectivity index (χ2v) is 5.32. The molecule has 2 heterocycles. The minimum atomic E-state index is 0.0868. The van der Waals surface area contributed by atoms with Crippen LogP contribution in [0.25, 0.3) is 22.3 Å². The standard InChI is InChI=1S/C14H12BrN3O/c1-2-11(15)14-17-13(18-19-14)12-10-6-4-3-5-9(10)7-8-16-12/h3-8,11H,2H2,1H3. The van der Waals surface area contributed by atoms with Gasteiger partial charge >= 0.3 is 0 Å². The summed E-state index contributed by atoms with van der Waals surface area (Å²) in [4.78, 5) is 8.88. The molecule has 96 valence electrons. The van der Waals surface area contributed by atoms with E-state index in [9.17, 15) is 0 Å². The Bertz CT molecular complexity index is 705. The van der Waals surface area contributed by atoms with Crippen molar-refractivity contribution in [1.82, 2.24) is 15.1 Å². The zero-order chi connectivity index (χ0) is 13.2. The summed E-state index contributed by atoms with van der Waals surface area (Å²) in [6, 6.07) is 10.0. The van der Waals surface area contributed by atoms with Crippen LogP contribution in [0.1, 0.15) is 24.1 Å². The van der Waals surface area contributed by atoms with Crippen molar-refractivity contribution in [3.8, 4) is 11.5 Å². The van der Waals surface area contributed by atoms with Gasteiger partial charge in [-0.3, -0.25) is 4.98 Å². The number of alkyl halides is 1. The third-order valence-corrected chi connectivity index (χ3v) is 3.99. The highest BCUT2D eigenvalue weighted by Crippen LogP contribution is 2.28. The van der Waals surface area contributed by atoms with Gasteiger partial charge in [-0.25, -0.2) is 0 Å². The third kappa shape index (κ3) is 2.26. The van der Waals surface area contributed by atoms with Crippen molar-refractivity contribution in [3.05, 3.63) is 42.4 Å². The smallest absolute Gasteiger partial charge is 0.240 e. The molecule has 1 atom stereocenters. The number of pyridine rings is 1. The molecule has 3 rings (SSSR count). The molecule has 0 saturated carbocycles. The summed E-state index contributed by atoms with van der Waals surface area (Å²) in [5.74, 6) is 1.12. The topological polar surface area (TPSA) is 51.8 Å². The minimum Gasteiger partial charge on any atom is -0.338 e. The molecule has 2 aromatic heterocycles. The van der Waals surface area contributed by atoms with Gasteiger partial charge in [-0.1, -0.05) is 52.3 Å². The highest BCUT2D eigenvalue weighted by atomic mass is 79.9. The molecule has 0 amide bonds. The Balaban J connectivity index is 2.12. The largest absolute Gasteiger partial charge is 0.338 e. The first-order valence-electron chi connectivity index (χ1n) is 6.11. The molecule has 0 fully saturated rings. The highest BCUT2D eigenvalue weighted by Gasteiger charge is 2.17.